The third-order valence-electron chi connectivity index (χ3n) is 10.2. The molecule has 0 radical (unpaired) electrons. The van der Waals surface area contributed by atoms with Gasteiger partial charge >= 0.3 is 0 Å². The highest BCUT2D eigenvalue weighted by atomic mass is 14.8. The molecular weight excluding hydrogens is 240 g/mol. The largest absolute Gasteiger partial charge is 0.0668 e. The summed E-state index contributed by atoms with van der Waals surface area (Å²) in [4.78, 5) is 0. The zero-order chi connectivity index (χ0) is 16.2. The summed E-state index contributed by atoms with van der Waals surface area (Å²) in [5.41, 5.74) is 4.86. The Kier molecular flexibility index (Phi) is 2.73. The highest BCUT2D eigenvalue weighted by Crippen LogP contribution is 2.85. The molecule has 2 aliphatic carbocycles. The number of fused-ring (bicyclic) bond motifs is 2. The third-order valence-corrected chi connectivity index (χ3v) is 10.2. The molecule has 0 aliphatic heterocycles. The fraction of sp³-hybridized carbons (Fsp3) is 0.900. The smallest absolute Gasteiger partial charge is 0.0000367 e. The van der Waals surface area contributed by atoms with Crippen molar-refractivity contribution in [3.63, 3.8) is 0 Å². The van der Waals surface area contributed by atoms with E-state index < -0.39 is 0 Å². The fourth-order valence-corrected chi connectivity index (χ4v) is 6.72. The van der Waals surface area contributed by atoms with Crippen LogP contribution in [0.2, 0.25) is 0 Å². The lowest BCUT2D eigenvalue weighted by Crippen LogP contribution is -2.69. The quantitative estimate of drug-likeness (QED) is 0.445. The summed E-state index contributed by atoms with van der Waals surface area (Å²) in [6.45, 7) is 30.0. The molecule has 0 spiro atoms. The summed E-state index contributed by atoms with van der Waals surface area (Å²) >= 11 is 0. The summed E-state index contributed by atoms with van der Waals surface area (Å²) in [5.74, 6) is 0. The van der Waals surface area contributed by atoms with Crippen molar-refractivity contribution in [2.24, 2.45) is 32.5 Å². The normalized spacial score (nSPS) is 43.8. The SMILES string of the molecule is CC1=C(C)C2(C)C(C)(C)C(C)(C)C(C)(C)C1(C)C2(C)C. The maximum atomic E-state index is 2.54. The molecule has 0 amide bonds. The predicted molar refractivity (Wildman–Crippen MR) is 89.7 cm³/mol. The standard InChI is InChI=1S/C20H36/c1-13-14(2)20(12)17(7,8)15(3,4)16(5,6)19(13,11)18(20,9)10/h1-12H3. The molecule has 0 heterocycles. The summed E-state index contributed by atoms with van der Waals surface area (Å²) in [6.07, 6.45) is 0. The Hall–Kier alpha value is -0.260. The Morgan fingerprint density at radius 1 is 0.400 bits per heavy atom. The van der Waals surface area contributed by atoms with Gasteiger partial charge in [0.25, 0.3) is 0 Å². The van der Waals surface area contributed by atoms with E-state index in [0.717, 1.165) is 0 Å². The van der Waals surface area contributed by atoms with Gasteiger partial charge in [0.2, 0.25) is 0 Å². The van der Waals surface area contributed by atoms with Crippen LogP contribution < -0.4 is 0 Å². The average molecular weight is 277 g/mol. The van der Waals surface area contributed by atoms with Crippen molar-refractivity contribution in [3.05, 3.63) is 11.1 Å². The molecule has 1 fully saturated rings. The Morgan fingerprint density at radius 3 is 0.900 bits per heavy atom. The second-order valence-electron chi connectivity index (χ2n) is 10.0. The first kappa shape index (κ1) is 16.1. The van der Waals surface area contributed by atoms with Crippen molar-refractivity contribution in [2.45, 2.75) is 83.1 Å². The van der Waals surface area contributed by atoms with Crippen LogP contribution >= 0.6 is 0 Å². The second-order valence-corrected chi connectivity index (χ2v) is 10.0. The van der Waals surface area contributed by atoms with E-state index in [0.29, 0.717) is 0 Å². The van der Waals surface area contributed by atoms with Crippen LogP contribution in [0.15, 0.2) is 11.1 Å². The molecule has 2 bridgehead atoms. The third kappa shape index (κ3) is 1.02. The van der Waals surface area contributed by atoms with Crippen molar-refractivity contribution in [1.29, 1.82) is 0 Å². The van der Waals surface area contributed by atoms with E-state index in [1.54, 1.807) is 11.1 Å². The number of hydrogen-bond donors (Lipinski definition) is 0. The first-order valence-electron chi connectivity index (χ1n) is 8.25. The van der Waals surface area contributed by atoms with E-state index in [9.17, 15) is 0 Å². The monoisotopic (exact) mass is 276 g/mol. The van der Waals surface area contributed by atoms with Crippen molar-refractivity contribution in [1.82, 2.24) is 0 Å². The Morgan fingerprint density at radius 2 is 0.650 bits per heavy atom. The predicted octanol–water partition coefficient (Wildman–Crippen LogP) is 6.47. The van der Waals surface area contributed by atoms with Gasteiger partial charge in [0.1, 0.15) is 0 Å². The van der Waals surface area contributed by atoms with Crippen LogP contribution in [0.4, 0.5) is 0 Å². The maximum Gasteiger partial charge on any atom is -0.0000367 e. The lowest BCUT2D eigenvalue weighted by atomic mass is 9.29. The van der Waals surface area contributed by atoms with E-state index in [1.807, 2.05) is 0 Å². The van der Waals surface area contributed by atoms with Crippen molar-refractivity contribution in [2.75, 3.05) is 0 Å². The topological polar surface area (TPSA) is 0 Å². The van der Waals surface area contributed by atoms with Gasteiger partial charge in [-0.05, 0) is 46.3 Å². The van der Waals surface area contributed by atoms with Gasteiger partial charge in [-0.1, -0.05) is 80.4 Å². The van der Waals surface area contributed by atoms with Crippen molar-refractivity contribution < 1.29 is 0 Å². The van der Waals surface area contributed by atoms with Gasteiger partial charge in [0.05, 0.1) is 0 Å². The first-order valence-corrected chi connectivity index (χ1v) is 8.25. The van der Waals surface area contributed by atoms with E-state index in [1.165, 1.54) is 0 Å². The van der Waals surface area contributed by atoms with Crippen LogP contribution in [0.1, 0.15) is 83.1 Å². The van der Waals surface area contributed by atoms with Crippen LogP contribution in [0.5, 0.6) is 0 Å². The number of allylic oxidation sites excluding steroid dienone is 2. The van der Waals surface area contributed by atoms with E-state index in [4.69, 9.17) is 0 Å². The van der Waals surface area contributed by atoms with Crippen LogP contribution in [0.25, 0.3) is 0 Å². The molecule has 0 saturated heterocycles. The highest BCUT2D eigenvalue weighted by Gasteiger charge is 2.78. The number of rotatable bonds is 0. The van der Waals surface area contributed by atoms with E-state index >= 15 is 0 Å². The van der Waals surface area contributed by atoms with Gasteiger partial charge in [-0.15, -0.1) is 0 Å². The minimum absolute atomic E-state index is 0.248. The number of hydrogen-bond acceptors (Lipinski definition) is 0. The van der Waals surface area contributed by atoms with Gasteiger partial charge in [0.15, 0.2) is 0 Å². The lowest BCUT2D eigenvalue weighted by Gasteiger charge is -2.74. The summed E-state index contributed by atoms with van der Waals surface area (Å²) in [5, 5.41) is 0. The van der Waals surface area contributed by atoms with Gasteiger partial charge in [-0.3, -0.25) is 0 Å². The molecule has 2 atom stereocenters. The molecule has 0 aromatic rings. The van der Waals surface area contributed by atoms with Gasteiger partial charge in [0, 0.05) is 0 Å². The Labute approximate surface area is 127 Å². The second kappa shape index (κ2) is 3.39. The molecular formula is C20H36. The Bertz CT molecular complexity index is 456. The molecule has 0 N–H and O–H groups in total. The van der Waals surface area contributed by atoms with Crippen molar-refractivity contribution >= 4 is 0 Å². The maximum absolute atomic E-state index is 2.54. The van der Waals surface area contributed by atoms with Gasteiger partial charge in [-0.25, -0.2) is 0 Å². The first-order chi connectivity index (χ1) is 8.57. The summed E-state index contributed by atoms with van der Waals surface area (Å²) in [6, 6.07) is 0. The molecule has 0 aromatic heterocycles. The van der Waals surface area contributed by atoms with Crippen LogP contribution in [-0.2, 0) is 0 Å². The molecule has 1 saturated carbocycles. The molecule has 20 heavy (non-hydrogen) atoms. The molecule has 2 rings (SSSR count). The molecule has 2 unspecified atom stereocenters. The fourth-order valence-electron chi connectivity index (χ4n) is 6.72. The zero-order valence-electron chi connectivity index (χ0n) is 16.0. The van der Waals surface area contributed by atoms with Crippen molar-refractivity contribution in [3.8, 4) is 0 Å². The molecule has 2 aliphatic rings. The lowest BCUT2D eigenvalue weighted by molar-refractivity contribution is -0.252. The summed E-state index contributed by atoms with van der Waals surface area (Å²) < 4.78 is 0. The zero-order valence-corrected chi connectivity index (χ0v) is 16.0. The van der Waals surface area contributed by atoms with Gasteiger partial charge < -0.3 is 0 Å². The molecule has 0 nitrogen and oxygen atoms in total. The van der Waals surface area contributed by atoms with E-state index in [2.05, 4.69) is 83.1 Å². The van der Waals surface area contributed by atoms with Crippen LogP contribution in [-0.4, -0.2) is 0 Å². The van der Waals surface area contributed by atoms with E-state index in [-0.39, 0.29) is 32.5 Å². The minimum Gasteiger partial charge on any atom is -0.0668 e. The van der Waals surface area contributed by atoms with Crippen LogP contribution in [0, 0.1) is 32.5 Å². The van der Waals surface area contributed by atoms with Crippen LogP contribution in [0.3, 0.4) is 0 Å². The minimum atomic E-state index is 0.248. The van der Waals surface area contributed by atoms with Gasteiger partial charge in [-0.2, -0.15) is 0 Å². The molecule has 0 aromatic carbocycles. The molecule has 116 valence electrons. The summed E-state index contributed by atoms with van der Waals surface area (Å²) in [7, 11) is 0. The molecule has 0 heteroatoms. The average Bonchev–Trinajstić information content (AvgIpc) is 2.40. The highest BCUT2D eigenvalue weighted by molar-refractivity contribution is 5.45. The Balaban J connectivity index is 3.01.